The van der Waals surface area contributed by atoms with E-state index in [9.17, 15) is 5.11 Å². The predicted octanol–water partition coefficient (Wildman–Crippen LogP) is 3.59. The number of nitrogens with one attached hydrogen (secondary N) is 2. The first-order chi connectivity index (χ1) is 13.1. The molecule has 1 aliphatic rings. The second kappa shape index (κ2) is 8.87. The molecule has 0 spiro atoms. The Bertz CT molecular complexity index is 696. The Balaban J connectivity index is 1.80. The zero-order chi connectivity index (χ0) is 19.2. The van der Waals surface area contributed by atoms with Gasteiger partial charge in [0.05, 0.1) is 11.1 Å². The van der Waals surface area contributed by atoms with Crippen molar-refractivity contribution in [1.29, 1.82) is 0 Å². The van der Waals surface area contributed by atoms with E-state index in [0.29, 0.717) is 13.2 Å². The molecule has 0 amide bonds. The molecule has 1 aliphatic carbocycles. The molecule has 0 aromatic heterocycles. The van der Waals surface area contributed by atoms with Gasteiger partial charge in [0.25, 0.3) is 0 Å². The Hall–Kier alpha value is -1.88. The Morgan fingerprint density at radius 3 is 2.22 bits per heavy atom. The number of aliphatic hydroxyl groups is 1. The lowest BCUT2D eigenvalue weighted by Crippen LogP contribution is -2.64. The topological polar surface area (TPSA) is 53.5 Å². The molecule has 146 valence electrons. The summed E-state index contributed by atoms with van der Waals surface area (Å²) in [6.07, 6.45) is 4.99. The van der Waals surface area contributed by atoms with Crippen LogP contribution < -0.4 is 15.4 Å². The standard InChI is InChI=1S/C23H32N2O2/c1-24-18-23(25-2,22(26)15-7-4-8-16-22)20-11-13-21(14-12-20)27-17-19-9-5-3-6-10-19/h3,5-6,9-14,24-26H,4,7-8,15-18H2,1-2H3. The van der Waals surface area contributed by atoms with E-state index < -0.39 is 11.1 Å². The van der Waals surface area contributed by atoms with Gasteiger partial charge in [0.15, 0.2) is 0 Å². The minimum Gasteiger partial charge on any atom is -0.489 e. The lowest BCUT2D eigenvalue weighted by Gasteiger charge is -2.50. The lowest BCUT2D eigenvalue weighted by molar-refractivity contribution is -0.0799. The lowest BCUT2D eigenvalue weighted by atomic mass is 9.67. The number of benzene rings is 2. The van der Waals surface area contributed by atoms with Crippen LogP contribution in [-0.4, -0.2) is 31.3 Å². The van der Waals surface area contributed by atoms with Gasteiger partial charge in [0.2, 0.25) is 0 Å². The van der Waals surface area contributed by atoms with Crippen LogP contribution in [0.5, 0.6) is 5.75 Å². The molecule has 1 atom stereocenters. The SMILES string of the molecule is CNCC(NC)(c1ccc(OCc2ccccc2)cc1)C1(O)CCCCC1. The summed E-state index contributed by atoms with van der Waals surface area (Å²) in [7, 11) is 3.89. The van der Waals surface area contributed by atoms with Crippen LogP contribution in [0, 0.1) is 0 Å². The average molecular weight is 369 g/mol. The molecule has 3 rings (SSSR count). The van der Waals surface area contributed by atoms with Crippen molar-refractivity contribution in [2.45, 2.75) is 49.9 Å². The molecule has 1 saturated carbocycles. The van der Waals surface area contributed by atoms with Gasteiger partial charge < -0.3 is 20.5 Å². The van der Waals surface area contributed by atoms with E-state index in [-0.39, 0.29) is 0 Å². The molecule has 27 heavy (non-hydrogen) atoms. The van der Waals surface area contributed by atoms with E-state index in [0.717, 1.165) is 42.6 Å². The highest BCUT2D eigenvalue weighted by molar-refractivity contribution is 5.35. The Kier molecular flexibility index (Phi) is 6.53. The van der Waals surface area contributed by atoms with Crippen molar-refractivity contribution in [1.82, 2.24) is 10.6 Å². The van der Waals surface area contributed by atoms with Crippen LogP contribution in [0.2, 0.25) is 0 Å². The molecule has 0 bridgehead atoms. The van der Waals surface area contributed by atoms with Crippen LogP contribution in [0.3, 0.4) is 0 Å². The van der Waals surface area contributed by atoms with Crippen LogP contribution in [0.4, 0.5) is 0 Å². The third kappa shape index (κ3) is 4.18. The van der Waals surface area contributed by atoms with Gasteiger partial charge in [0.1, 0.15) is 12.4 Å². The summed E-state index contributed by atoms with van der Waals surface area (Å²) in [6, 6.07) is 18.3. The summed E-state index contributed by atoms with van der Waals surface area (Å²) in [6.45, 7) is 1.22. The van der Waals surface area contributed by atoms with Gasteiger partial charge in [-0.15, -0.1) is 0 Å². The van der Waals surface area contributed by atoms with Crippen molar-refractivity contribution in [2.75, 3.05) is 20.6 Å². The number of likely N-dealkylation sites (N-methyl/N-ethyl adjacent to an activating group) is 2. The van der Waals surface area contributed by atoms with Crippen molar-refractivity contribution >= 4 is 0 Å². The summed E-state index contributed by atoms with van der Waals surface area (Å²) < 4.78 is 5.93. The summed E-state index contributed by atoms with van der Waals surface area (Å²) in [5, 5.41) is 18.3. The highest BCUT2D eigenvalue weighted by atomic mass is 16.5. The molecule has 0 heterocycles. The minimum atomic E-state index is -0.755. The minimum absolute atomic E-state index is 0.514. The van der Waals surface area contributed by atoms with Crippen molar-refractivity contribution in [3.63, 3.8) is 0 Å². The van der Waals surface area contributed by atoms with Gasteiger partial charge in [-0.25, -0.2) is 0 Å². The molecule has 2 aromatic carbocycles. The number of hydrogen-bond donors (Lipinski definition) is 3. The Morgan fingerprint density at radius 1 is 0.963 bits per heavy atom. The molecule has 0 aliphatic heterocycles. The van der Waals surface area contributed by atoms with Crippen LogP contribution >= 0.6 is 0 Å². The molecule has 0 radical (unpaired) electrons. The molecule has 2 aromatic rings. The van der Waals surface area contributed by atoms with E-state index in [1.807, 2.05) is 44.4 Å². The third-order valence-electron chi connectivity index (χ3n) is 5.94. The van der Waals surface area contributed by atoms with Gasteiger partial charge in [0, 0.05) is 6.54 Å². The molecule has 1 unspecified atom stereocenters. The van der Waals surface area contributed by atoms with Crippen molar-refractivity contribution < 1.29 is 9.84 Å². The van der Waals surface area contributed by atoms with Gasteiger partial charge in [-0.1, -0.05) is 61.7 Å². The molecular formula is C23H32N2O2. The maximum atomic E-state index is 11.6. The van der Waals surface area contributed by atoms with Gasteiger partial charge in [-0.2, -0.15) is 0 Å². The zero-order valence-electron chi connectivity index (χ0n) is 16.5. The molecular weight excluding hydrogens is 336 g/mol. The quantitative estimate of drug-likeness (QED) is 0.666. The fourth-order valence-corrected chi connectivity index (χ4v) is 4.41. The van der Waals surface area contributed by atoms with E-state index in [1.54, 1.807) is 0 Å². The number of ether oxygens (including phenoxy) is 1. The number of rotatable bonds is 8. The molecule has 4 heteroatoms. The van der Waals surface area contributed by atoms with E-state index in [1.165, 1.54) is 6.42 Å². The maximum absolute atomic E-state index is 11.6. The summed E-state index contributed by atoms with van der Waals surface area (Å²) in [5.41, 5.74) is 0.976. The fourth-order valence-electron chi connectivity index (χ4n) is 4.41. The van der Waals surface area contributed by atoms with Gasteiger partial charge in [-0.05, 0) is 50.2 Å². The first-order valence-electron chi connectivity index (χ1n) is 9.97. The van der Waals surface area contributed by atoms with Gasteiger partial charge >= 0.3 is 0 Å². The monoisotopic (exact) mass is 368 g/mol. The largest absolute Gasteiger partial charge is 0.489 e. The summed E-state index contributed by atoms with van der Waals surface area (Å²) in [4.78, 5) is 0. The van der Waals surface area contributed by atoms with Crippen molar-refractivity contribution in [3.8, 4) is 5.75 Å². The maximum Gasteiger partial charge on any atom is 0.119 e. The van der Waals surface area contributed by atoms with E-state index >= 15 is 0 Å². The Morgan fingerprint density at radius 2 is 1.63 bits per heavy atom. The van der Waals surface area contributed by atoms with Crippen LogP contribution in [0.15, 0.2) is 54.6 Å². The highest BCUT2D eigenvalue weighted by Crippen LogP contribution is 2.43. The smallest absolute Gasteiger partial charge is 0.119 e. The summed E-state index contributed by atoms with van der Waals surface area (Å²) in [5.74, 6) is 0.840. The first kappa shape index (κ1) is 19.9. The molecule has 1 fully saturated rings. The van der Waals surface area contributed by atoms with Crippen LogP contribution in [0.25, 0.3) is 0 Å². The molecule has 0 saturated heterocycles. The van der Waals surface area contributed by atoms with Crippen LogP contribution in [0.1, 0.15) is 43.2 Å². The third-order valence-corrected chi connectivity index (χ3v) is 5.94. The molecule has 4 nitrogen and oxygen atoms in total. The first-order valence-corrected chi connectivity index (χ1v) is 9.97. The van der Waals surface area contributed by atoms with E-state index in [4.69, 9.17) is 4.74 Å². The van der Waals surface area contributed by atoms with Gasteiger partial charge in [-0.3, -0.25) is 0 Å². The second-order valence-corrected chi connectivity index (χ2v) is 7.58. The second-order valence-electron chi connectivity index (χ2n) is 7.58. The highest BCUT2D eigenvalue weighted by Gasteiger charge is 2.50. The normalized spacial score (nSPS) is 18.6. The van der Waals surface area contributed by atoms with Crippen LogP contribution in [-0.2, 0) is 12.1 Å². The van der Waals surface area contributed by atoms with Crippen molar-refractivity contribution in [3.05, 3.63) is 65.7 Å². The Labute approximate surface area is 163 Å². The van der Waals surface area contributed by atoms with E-state index in [2.05, 4.69) is 34.9 Å². The van der Waals surface area contributed by atoms with Crippen molar-refractivity contribution in [2.24, 2.45) is 0 Å². The fraction of sp³-hybridized carbons (Fsp3) is 0.478. The molecule has 3 N–H and O–H groups in total. The zero-order valence-corrected chi connectivity index (χ0v) is 16.5. The average Bonchev–Trinajstić information content (AvgIpc) is 2.72. The predicted molar refractivity (Wildman–Crippen MR) is 110 cm³/mol. The number of hydrogen-bond acceptors (Lipinski definition) is 4. The summed E-state index contributed by atoms with van der Waals surface area (Å²) >= 11 is 0.